The first-order chi connectivity index (χ1) is 14.5. The van der Waals surface area contributed by atoms with Gasteiger partial charge in [-0.2, -0.15) is 8.42 Å². The lowest BCUT2D eigenvalue weighted by atomic mass is 9.99. The van der Waals surface area contributed by atoms with E-state index in [-0.39, 0.29) is 12.5 Å². The quantitative estimate of drug-likeness (QED) is 0.0971. The maximum absolute atomic E-state index is 10.9. The zero-order chi connectivity index (χ0) is 22.3. The molecule has 0 rings (SSSR count). The standard InChI is InChI=1S/C25H50O4S/c1-3-5-7-9-11-13-14-15-17-19-21-23-25(24-29-30(26,27)28)22-20-18-16-12-10-8-6-4-2/h20,22,25H,3-19,21,23-24H2,1-2H3,(H,26,27,28)/b22-20+. The molecule has 0 aliphatic heterocycles. The molecule has 0 aromatic heterocycles. The van der Waals surface area contributed by atoms with E-state index in [0.29, 0.717) is 0 Å². The Kier molecular flexibility index (Phi) is 21.5. The van der Waals surface area contributed by atoms with Crippen LogP contribution in [-0.2, 0) is 14.6 Å². The molecule has 1 unspecified atom stereocenters. The van der Waals surface area contributed by atoms with Crippen LogP contribution >= 0.6 is 0 Å². The van der Waals surface area contributed by atoms with Gasteiger partial charge in [0.05, 0.1) is 6.61 Å². The summed E-state index contributed by atoms with van der Waals surface area (Å²) in [4.78, 5) is 0. The van der Waals surface area contributed by atoms with Crippen molar-refractivity contribution in [2.75, 3.05) is 6.61 Å². The Hall–Kier alpha value is -0.390. The Morgan fingerprint density at radius 1 is 0.700 bits per heavy atom. The van der Waals surface area contributed by atoms with Crippen molar-refractivity contribution >= 4 is 10.4 Å². The largest absolute Gasteiger partial charge is 0.397 e. The molecule has 0 aliphatic rings. The molecule has 0 heterocycles. The van der Waals surface area contributed by atoms with Gasteiger partial charge in [0.2, 0.25) is 0 Å². The molecule has 0 radical (unpaired) electrons. The fourth-order valence-corrected chi connectivity index (χ4v) is 4.16. The lowest BCUT2D eigenvalue weighted by Crippen LogP contribution is -2.12. The minimum absolute atomic E-state index is 0.0452. The van der Waals surface area contributed by atoms with E-state index in [4.69, 9.17) is 4.55 Å². The van der Waals surface area contributed by atoms with Crippen LogP contribution < -0.4 is 0 Å². The van der Waals surface area contributed by atoms with Crippen LogP contribution in [0.3, 0.4) is 0 Å². The van der Waals surface area contributed by atoms with Crippen molar-refractivity contribution in [2.24, 2.45) is 5.92 Å². The fourth-order valence-electron chi connectivity index (χ4n) is 3.81. The normalized spacial score (nSPS) is 13.3. The number of hydrogen-bond acceptors (Lipinski definition) is 3. The minimum Gasteiger partial charge on any atom is -0.264 e. The van der Waals surface area contributed by atoms with Crippen LogP contribution in [0.2, 0.25) is 0 Å². The van der Waals surface area contributed by atoms with E-state index in [9.17, 15) is 8.42 Å². The van der Waals surface area contributed by atoms with Gasteiger partial charge in [-0.15, -0.1) is 0 Å². The summed E-state index contributed by atoms with van der Waals surface area (Å²) in [6.45, 7) is 4.53. The van der Waals surface area contributed by atoms with E-state index in [2.05, 4.69) is 30.2 Å². The second kappa shape index (κ2) is 21.8. The third-order valence-corrected chi connectivity index (χ3v) is 6.18. The fraction of sp³-hybridized carbons (Fsp3) is 0.920. The van der Waals surface area contributed by atoms with Gasteiger partial charge in [0.1, 0.15) is 0 Å². The molecule has 30 heavy (non-hydrogen) atoms. The second-order valence-electron chi connectivity index (χ2n) is 8.78. The summed E-state index contributed by atoms with van der Waals surface area (Å²) in [5.41, 5.74) is 0. The van der Waals surface area contributed by atoms with Gasteiger partial charge in [0, 0.05) is 5.92 Å². The van der Waals surface area contributed by atoms with Crippen LogP contribution in [0.4, 0.5) is 0 Å². The Balaban J connectivity index is 3.89. The molecule has 1 atom stereocenters. The summed E-state index contributed by atoms with van der Waals surface area (Å²) in [5, 5.41) is 0. The lowest BCUT2D eigenvalue weighted by Gasteiger charge is -2.12. The zero-order valence-corrected chi connectivity index (χ0v) is 20.8. The molecular weight excluding hydrogens is 396 g/mol. The van der Waals surface area contributed by atoms with Gasteiger partial charge in [-0.25, -0.2) is 4.18 Å². The maximum Gasteiger partial charge on any atom is 0.397 e. The van der Waals surface area contributed by atoms with Crippen molar-refractivity contribution in [1.29, 1.82) is 0 Å². The van der Waals surface area contributed by atoms with Crippen LogP contribution in [0.25, 0.3) is 0 Å². The third kappa shape index (κ3) is 23.9. The smallest absolute Gasteiger partial charge is 0.264 e. The zero-order valence-electron chi connectivity index (χ0n) is 20.0. The number of hydrogen-bond donors (Lipinski definition) is 1. The lowest BCUT2D eigenvalue weighted by molar-refractivity contribution is 0.234. The van der Waals surface area contributed by atoms with E-state index >= 15 is 0 Å². The molecule has 0 aromatic carbocycles. The van der Waals surface area contributed by atoms with Crippen LogP contribution in [0.5, 0.6) is 0 Å². The summed E-state index contributed by atoms with van der Waals surface area (Å²) in [6, 6.07) is 0. The van der Waals surface area contributed by atoms with Crippen molar-refractivity contribution in [3.8, 4) is 0 Å². The highest BCUT2D eigenvalue weighted by Crippen LogP contribution is 2.17. The summed E-state index contributed by atoms with van der Waals surface area (Å²) in [6.07, 6.45) is 28.2. The van der Waals surface area contributed by atoms with Crippen molar-refractivity contribution in [1.82, 2.24) is 0 Å². The van der Waals surface area contributed by atoms with Crippen molar-refractivity contribution in [3.63, 3.8) is 0 Å². The van der Waals surface area contributed by atoms with Gasteiger partial charge in [0.25, 0.3) is 0 Å². The highest BCUT2D eigenvalue weighted by Gasteiger charge is 2.11. The van der Waals surface area contributed by atoms with Gasteiger partial charge in [-0.05, 0) is 19.3 Å². The highest BCUT2D eigenvalue weighted by atomic mass is 32.3. The molecule has 0 spiro atoms. The van der Waals surface area contributed by atoms with Crippen molar-refractivity contribution in [3.05, 3.63) is 12.2 Å². The second-order valence-corrected chi connectivity index (χ2v) is 9.87. The van der Waals surface area contributed by atoms with E-state index in [0.717, 1.165) is 19.3 Å². The molecular formula is C25H50O4S. The number of rotatable bonds is 23. The Morgan fingerprint density at radius 2 is 1.13 bits per heavy atom. The maximum atomic E-state index is 10.9. The van der Waals surface area contributed by atoms with E-state index in [1.165, 1.54) is 103 Å². The monoisotopic (exact) mass is 446 g/mol. The summed E-state index contributed by atoms with van der Waals surface area (Å²) in [5.74, 6) is 0.0607. The molecule has 0 aromatic rings. The van der Waals surface area contributed by atoms with Gasteiger partial charge < -0.3 is 0 Å². The molecule has 0 saturated heterocycles. The Morgan fingerprint density at radius 3 is 1.60 bits per heavy atom. The molecule has 1 N–H and O–H groups in total. The number of unbranched alkanes of at least 4 members (excludes halogenated alkanes) is 16. The third-order valence-electron chi connectivity index (χ3n) is 5.74. The molecule has 5 heteroatoms. The molecule has 0 amide bonds. The summed E-state index contributed by atoms with van der Waals surface area (Å²) < 4.78 is 35.3. The van der Waals surface area contributed by atoms with Crippen molar-refractivity contribution in [2.45, 2.75) is 136 Å². The molecule has 0 aliphatic carbocycles. The summed E-state index contributed by atoms with van der Waals surface area (Å²) >= 11 is 0. The van der Waals surface area contributed by atoms with E-state index in [1.54, 1.807) is 0 Å². The molecule has 4 nitrogen and oxygen atoms in total. The van der Waals surface area contributed by atoms with Crippen LogP contribution in [-0.4, -0.2) is 19.6 Å². The molecule has 180 valence electrons. The highest BCUT2D eigenvalue weighted by molar-refractivity contribution is 7.80. The van der Waals surface area contributed by atoms with Crippen molar-refractivity contribution < 1.29 is 17.2 Å². The van der Waals surface area contributed by atoms with Gasteiger partial charge in [0.15, 0.2) is 0 Å². The molecule has 0 fully saturated rings. The van der Waals surface area contributed by atoms with Gasteiger partial charge >= 0.3 is 10.4 Å². The van der Waals surface area contributed by atoms with Gasteiger partial charge in [-0.3, -0.25) is 4.55 Å². The predicted octanol–water partition coefficient (Wildman–Crippen LogP) is 8.43. The Bertz CT molecular complexity index is 474. The molecule has 0 bridgehead atoms. The SMILES string of the molecule is CCCCCCCC/C=C/C(CCCCCCCCCCCCC)COS(=O)(=O)O. The minimum atomic E-state index is -4.36. The Labute approximate surface area is 188 Å². The first-order valence-electron chi connectivity index (χ1n) is 12.8. The van der Waals surface area contributed by atoms with Crippen LogP contribution in [0.15, 0.2) is 12.2 Å². The average Bonchev–Trinajstić information content (AvgIpc) is 2.70. The summed E-state index contributed by atoms with van der Waals surface area (Å²) in [7, 11) is -4.36. The van der Waals surface area contributed by atoms with Crippen LogP contribution in [0, 0.1) is 5.92 Å². The first kappa shape index (κ1) is 29.6. The predicted molar refractivity (Wildman–Crippen MR) is 129 cm³/mol. The van der Waals surface area contributed by atoms with Crippen LogP contribution in [0.1, 0.15) is 136 Å². The van der Waals surface area contributed by atoms with Gasteiger partial charge in [-0.1, -0.05) is 129 Å². The van der Waals surface area contributed by atoms with E-state index < -0.39 is 10.4 Å². The number of allylic oxidation sites excluding steroid dienone is 1. The topological polar surface area (TPSA) is 63.6 Å². The average molecular weight is 447 g/mol. The van der Waals surface area contributed by atoms with E-state index in [1.807, 2.05) is 0 Å². The molecule has 0 saturated carbocycles. The first-order valence-corrected chi connectivity index (χ1v) is 14.1.